The summed E-state index contributed by atoms with van der Waals surface area (Å²) in [5.74, 6) is -0.408. The number of carbonyl (C=O) groups is 1. The lowest BCUT2D eigenvalue weighted by Crippen LogP contribution is -2.50. The van der Waals surface area contributed by atoms with Crippen LogP contribution in [0, 0.1) is 0 Å². The maximum absolute atomic E-state index is 12.8. The predicted molar refractivity (Wildman–Crippen MR) is 106 cm³/mol. The van der Waals surface area contributed by atoms with Gasteiger partial charge in [-0.1, -0.05) is 53.2 Å². The molecule has 8 heteroatoms. The molecule has 144 valence electrons. The zero-order valence-electron chi connectivity index (χ0n) is 15.1. The van der Waals surface area contributed by atoms with Crippen LogP contribution in [0.1, 0.15) is 0 Å². The van der Waals surface area contributed by atoms with Gasteiger partial charge in [-0.15, -0.1) is 0 Å². The average Bonchev–Trinajstić information content (AvgIpc) is 3.09. The summed E-state index contributed by atoms with van der Waals surface area (Å²) in [5, 5.41) is 4.52. The van der Waals surface area contributed by atoms with Crippen molar-refractivity contribution in [2.75, 3.05) is 31.1 Å². The monoisotopic (exact) mass is 398 g/mol. The fraction of sp³-hybridized carbons (Fsp3) is 0.250. The van der Waals surface area contributed by atoms with Crippen LogP contribution in [0.4, 0.5) is 5.69 Å². The number of nitrogens with zero attached hydrogens (tertiary/aromatic N) is 4. The lowest BCUT2D eigenvalue weighted by molar-refractivity contribution is -0.132. The Morgan fingerprint density at radius 1 is 1.04 bits per heavy atom. The lowest BCUT2D eigenvalue weighted by atomic mass is 10.2. The Balaban J connectivity index is 1.43. The second kappa shape index (κ2) is 7.90. The van der Waals surface area contributed by atoms with Gasteiger partial charge in [0.2, 0.25) is 5.91 Å². The van der Waals surface area contributed by atoms with Gasteiger partial charge in [-0.3, -0.25) is 9.32 Å². The Morgan fingerprint density at radius 2 is 1.79 bits per heavy atom. The van der Waals surface area contributed by atoms with E-state index in [4.69, 9.17) is 16.1 Å². The molecular formula is C20H19ClN4O3. The number of benzene rings is 2. The fourth-order valence-electron chi connectivity index (χ4n) is 3.32. The van der Waals surface area contributed by atoms with Gasteiger partial charge in [-0.25, -0.2) is 9.36 Å². The summed E-state index contributed by atoms with van der Waals surface area (Å²) in [6.07, 6.45) is 0. The van der Waals surface area contributed by atoms with Crippen LogP contribution in [-0.4, -0.2) is 46.7 Å². The summed E-state index contributed by atoms with van der Waals surface area (Å²) >= 11 is 6.06. The van der Waals surface area contributed by atoms with Crippen molar-refractivity contribution in [1.29, 1.82) is 0 Å². The summed E-state index contributed by atoms with van der Waals surface area (Å²) in [7, 11) is 0. The normalized spacial score (nSPS) is 14.3. The van der Waals surface area contributed by atoms with Crippen molar-refractivity contribution < 1.29 is 9.32 Å². The molecule has 2 heterocycles. The second-order valence-corrected chi connectivity index (χ2v) is 7.01. The molecule has 1 aliphatic rings. The van der Waals surface area contributed by atoms with Crippen molar-refractivity contribution in [3.05, 3.63) is 70.2 Å². The highest BCUT2D eigenvalue weighted by Gasteiger charge is 2.24. The van der Waals surface area contributed by atoms with Crippen molar-refractivity contribution in [2.45, 2.75) is 6.54 Å². The number of hydrogen-bond acceptors (Lipinski definition) is 5. The van der Waals surface area contributed by atoms with E-state index in [1.807, 2.05) is 54.6 Å². The molecule has 0 aliphatic carbocycles. The van der Waals surface area contributed by atoms with Crippen LogP contribution in [0.2, 0.25) is 5.02 Å². The standard InChI is InChI=1S/C20H19ClN4O3/c21-16-7-4-8-17(13-16)23-9-11-24(12-10-23)18(26)14-25-19(22-28-20(25)27)15-5-2-1-3-6-15/h1-8,13H,9-12,14H2. The molecule has 0 spiro atoms. The Bertz CT molecular complexity index is 1020. The molecule has 3 aromatic rings. The number of aromatic nitrogens is 2. The third kappa shape index (κ3) is 3.80. The van der Waals surface area contributed by atoms with Gasteiger partial charge in [0, 0.05) is 42.5 Å². The molecule has 2 aromatic carbocycles. The first kappa shape index (κ1) is 18.3. The maximum atomic E-state index is 12.8. The molecule has 0 radical (unpaired) electrons. The fourth-order valence-corrected chi connectivity index (χ4v) is 3.51. The highest BCUT2D eigenvalue weighted by molar-refractivity contribution is 6.30. The van der Waals surface area contributed by atoms with Crippen LogP contribution in [0.25, 0.3) is 11.4 Å². The number of anilines is 1. The lowest BCUT2D eigenvalue weighted by Gasteiger charge is -2.36. The van der Waals surface area contributed by atoms with Crippen LogP contribution in [0.5, 0.6) is 0 Å². The Morgan fingerprint density at radius 3 is 2.50 bits per heavy atom. The van der Waals surface area contributed by atoms with Crippen LogP contribution in [0.3, 0.4) is 0 Å². The van der Waals surface area contributed by atoms with E-state index in [0.29, 0.717) is 37.0 Å². The number of hydrogen-bond donors (Lipinski definition) is 0. The van der Waals surface area contributed by atoms with Crippen LogP contribution in [0.15, 0.2) is 63.9 Å². The van der Waals surface area contributed by atoms with Gasteiger partial charge >= 0.3 is 5.76 Å². The average molecular weight is 399 g/mol. The number of carbonyl (C=O) groups excluding carboxylic acids is 1. The van der Waals surface area contributed by atoms with E-state index in [1.165, 1.54) is 4.57 Å². The van der Waals surface area contributed by atoms with Gasteiger partial charge in [-0.05, 0) is 18.2 Å². The molecule has 0 atom stereocenters. The van der Waals surface area contributed by atoms with Gasteiger partial charge in [0.25, 0.3) is 0 Å². The summed E-state index contributed by atoms with van der Waals surface area (Å²) in [6.45, 7) is 2.47. The zero-order valence-corrected chi connectivity index (χ0v) is 15.9. The number of halogens is 1. The molecular weight excluding hydrogens is 380 g/mol. The molecule has 7 nitrogen and oxygen atoms in total. The minimum absolute atomic E-state index is 0.0935. The summed E-state index contributed by atoms with van der Waals surface area (Å²) in [4.78, 5) is 28.7. The molecule has 1 aromatic heterocycles. The first-order valence-corrected chi connectivity index (χ1v) is 9.40. The van der Waals surface area contributed by atoms with Crippen molar-refractivity contribution >= 4 is 23.2 Å². The van der Waals surface area contributed by atoms with Gasteiger partial charge in [-0.2, -0.15) is 0 Å². The molecule has 1 fully saturated rings. The number of amides is 1. The maximum Gasteiger partial charge on any atom is 0.442 e. The third-order valence-electron chi connectivity index (χ3n) is 4.82. The topological polar surface area (TPSA) is 71.6 Å². The second-order valence-electron chi connectivity index (χ2n) is 6.57. The molecule has 0 bridgehead atoms. The molecule has 1 amide bonds. The van der Waals surface area contributed by atoms with E-state index in [9.17, 15) is 9.59 Å². The Hall–Kier alpha value is -3.06. The van der Waals surface area contributed by atoms with Crippen molar-refractivity contribution in [3.8, 4) is 11.4 Å². The SMILES string of the molecule is O=C(Cn1c(-c2ccccc2)noc1=O)N1CCN(c2cccc(Cl)c2)CC1. The molecule has 0 saturated carbocycles. The van der Waals surface area contributed by atoms with Crippen molar-refractivity contribution in [3.63, 3.8) is 0 Å². The largest absolute Gasteiger partial charge is 0.442 e. The third-order valence-corrected chi connectivity index (χ3v) is 5.05. The predicted octanol–water partition coefficient (Wildman–Crippen LogP) is 2.51. The summed E-state index contributed by atoms with van der Waals surface area (Å²) in [6, 6.07) is 16.9. The van der Waals surface area contributed by atoms with Gasteiger partial charge < -0.3 is 9.80 Å². The van der Waals surface area contributed by atoms with Crippen LogP contribution in [-0.2, 0) is 11.3 Å². The number of piperazine rings is 1. The van der Waals surface area contributed by atoms with Crippen molar-refractivity contribution in [2.24, 2.45) is 0 Å². The van der Waals surface area contributed by atoms with Gasteiger partial charge in [0.15, 0.2) is 5.82 Å². The Labute approximate surface area is 166 Å². The quantitative estimate of drug-likeness (QED) is 0.675. The summed E-state index contributed by atoms with van der Waals surface area (Å²) in [5.41, 5.74) is 1.77. The smallest absolute Gasteiger partial charge is 0.368 e. The van der Waals surface area contributed by atoms with Crippen molar-refractivity contribution in [1.82, 2.24) is 14.6 Å². The first-order chi connectivity index (χ1) is 13.6. The molecule has 4 rings (SSSR count). The zero-order chi connectivity index (χ0) is 19.5. The van der Waals surface area contributed by atoms with Gasteiger partial charge in [0.05, 0.1) is 0 Å². The molecule has 0 N–H and O–H groups in total. The van der Waals surface area contributed by atoms with E-state index >= 15 is 0 Å². The van der Waals surface area contributed by atoms with Crippen LogP contribution >= 0.6 is 11.6 Å². The molecule has 28 heavy (non-hydrogen) atoms. The van der Waals surface area contributed by atoms with E-state index < -0.39 is 5.76 Å². The Kier molecular flexibility index (Phi) is 5.16. The summed E-state index contributed by atoms with van der Waals surface area (Å²) < 4.78 is 6.07. The molecule has 0 unspecified atom stereocenters. The minimum Gasteiger partial charge on any atom is -0.368 e. The molecule has 1 aliphatic heterocycles. The van der Waals surface area contributed by atoms with E-state index in [2.05, 4.69) is 10.1 Å². The van der Waals surface area contributed by atoms with E-state index in [0.717, 1.165) is 11.3 Å². The number of rotatable bonds is 4. The minimum atomic E-state index is -0.634. The van der Waals surface area contributed by atoms with E-state index in [-0.39, 0.29) is 12.5 Å². The molecule has 1 saturated heterocycles. The van der Waals surface area contributed by atoms with Crippen LogP contribution < -0.4 is 10.7 Å². The first-order valence-electron chi connectivity index (χ1n) is 9.02. The highest BCUT2D eigenvalue weighted by Crippen LogP contribution is 2.21. The highest BCUT2D eigenvalue weighted by atomic mass is 35.5. The van der Waals surface area contributed by atoms with E-state index in [1.54, 1.807) is 4.90 Å². The van der Waals surface area contributed by atoms with Gasteiger partial charge in [0.1, 0.15) is 6.54 Å².